The first-order valence-corrected chi connectivity index (χ1v) is 13.2. The number of carbonyl (C=O) groups excluding carboxylic acids is 2. The van der Waals surface area contributed by atoms with Gasteiger partial charge < -0.3 is 26.0 Å². The van der Waals surface area contributed by atoms with Crippen LogP contribution in [-0.2, 0) is 4.79 Å². The molecule has 3 aliphatic heterocycles. The summed E-state index contributed by atoms with van der Waals surface area (Å²) in [6.07, 6.45) is 3.05. The highest BCUT2D eigenvalue weighted by Gasteiger charge is 2.42. The number of carbonyl (C=O) groups is 2. The molecule has 8 heteroatoms. The van der Waals surface area contributed by atoms with Crippen molar-refractivity contribution in [3.8, 4) is 5.75 Å². The van der Waals surface area contributed by atoms with E-state index in [-0.39, 0.29) is 30.2 Å². The maximum atomic E-state index is 12.3. The predicted molar refractivity (Wildman–Crippen MR) is 140 cm³/mol. The highest BCUT2D eigenvalue weighted by atomic mass is 32.2. The van der Waals surface area contributed by atoms with Gasteiger partial charge in [-0.2, -0.15) is 11.8 Å². The van der Waals surface area contributed by atoms with Gasteiger partial charge in [0.15, 0.2) is 0 Å². The first-order valence-electron chi connectivity index (χ1n) is 12.2. The second-order valence-electron chi connectivity index (χ2n) is 9.34. The summed E-state index contributed by atoms with van der Waals surface area (Å²) < 4.78 is 5.56. The number of fused-ring (bicyclic) bond motifs is 1. The molecule has 3 aromatic carbocycles. The van der Waals surface area contributed by atoms with Gasteiger partial charge in [0.2, 0.25) is 0 Å². The SMILES string of the molecule is O=C1N[C@@H]2[C@@H](CS[C@@H]2CCCCC(=O)Oc2ccc(C3Nc4cccc5cccc(c45)N3)cc2)N1. The summed E-state index contributed by atoms with van der Waals surface area (Å²) in [5.41, 5.74) is 3.28. The highest BCUT2D eigenvalue weighted by Crippen LogP contribution is 2.38. The van der Waals surface area contributed by atoms with Crippen molar-refractivity contribution < 1.29 is 14.3 Å². The third-order valence-electron chi connectivity index (χ3n) is 7.01. The molecule has 7 nitrogen and oxygen atoms in total. The van der Waals surface area contributed by atoms with E-state index < -0.39 is 0 Å². The minimum atomic E-state index is -0.208. The Morgan fingerprint density at radius 2 is 1.66 bits per heavy atom. The van der Waals surface area contributed by atoms with Crippen molar-refractivity contribution in [2.45, 2.75) is 49.2 Å². The summed E-state index contributed by atoms with van der Waals surface area (Å²) in [5, 5.41) is 15.9. The summed E-state index contributed by atoms with van der Waals surface area (Å²) >= 11 is 1.90. The number of esters is 1. The number of thioether (sulfide) groups is 1. The molecule has 0 bridgehead atoms. The van der Waals surface area contributed by atoms with Crippen LogP contribution in [0.2, 0.25) is 0 Å². The number of unbranched alkanes of at least 4 members (excludes halogenated alkanes) is 1. The molecule has 35 heavy (non-hydrogen) atoms. The van der Waals surface area contributed by atoms with Gasteiger partial charge in [-0.1, -0.05) is 42.8 Å². The monoisotopic (exact) mass is 488 g/mol. The fourth-order valence-electron chi connectivity index (χ4n) is 5.26. The zero-order chi connectivity index (χ0) is 23.8. The second kappa shape index (κ2) is 9.34. The third-order valence-corrected chi connectivity index (χ3v) is 8.52. The molecule has 2 saturated heterocycles. The lowest BCUT2D eigenvalue weighted by Gasteiger charge is -2.29. The number of amides is 2. The Morgan fingerprint density at radius 3 is 2.40 bits per heavy atom. The maximum Gasteiger partial charge on any atom is 0.315 e. The van der Waals surface area contributed by atoms with Gasteiger partial charge in [-0.3, -0.25) is 4.79 Å². The predicted octanol–water partition coefficient (Wildman–Crippen LogP) is 5.01. The van der Waals surface area contributed by atoms with E-state index in [0.717, 1.165) is 42.0 Å². The summed E-state index contributed by atoms with van der Waals surface area (Å²) in [5.74, 6) is 1.31. The van der Waals surface area contributed by atoms with Crippen LogP contribution in [0.4, 0.5) is 16.2 Å². The molecule has 6 rings (SSSR count). The van der Waals surface area contributed by atoms with Crippen molar-refractivity contribution in [3.63, 3.8) is 0 Å². The zero-order valence-corrected chi connectivity index (χ0v) is 20.1. The van der Waals surface area contributed by atoms with E-state index in [1.807, 2.05) is 36.0 Å². The topological polar surface area (TPSA) is 91.5 Å². The van der Waals surface area contributed by atoms with Crippen LogP contribution in [0.1, 0.15) is 37.4 Å². The van der Waals surface area contributed by atoms with Crippen LogP contribution in [0.15, 0.2) is 60.7 Å². The molecule has 3 aromatic rings. The van der Waals surface area contributed by atoms with Crippen molar-refractivity contribution >= 4 is 45.9 Å². The lowest BCUT2D eigenvalue weighted by atomic mass is 10.0. The van der Waals surface area contributed by atoms with Crippen LogP contribution in [-0.4, -0.2) is 35.1 Å². The lowest BCUT2D eigenvalue weighted by molar-refractivity contribution is -0.134. The van der Waals surface area contributed by atoms with Crippen molar-refractivity contribution in [3.05, 3.63) is 66.2 Å². The summed E-state index contributed by atoms with van der Waals surface area (Å²) in [7, 11) is 0. The maximum absolute atomic E-state index is 12.3. The molecule has 0 spiro atoms. The van der Waals surface area contributed by atoms with E-state index in [2.05, 4.69) is 57.7 Å². The molecular formula is C27H28N4O3S. The molecule has 4 N–H and O–H groups in total. The van der Waals surface area contributed by atoms with Crippen molar-refractivity contribution in [1.82, 2.24) is 10.6 Å². The van der Waals surface area contributed by atoms with Crippen LogP contribution in [0, 0.1) is 0 Å². The Bertz CT molecular complexity index is 1220. The molecular weight excluding hydrogens is 460 g/mol. The molecule has 0 saturated carbocycles. The first kappa shape index (κ1) is 22.1. The average molecular weight is 489 g/mol. The molecule has 3 atom stereocenters. The van der Waals surface area contributed by atoms with Gasteiger partial charge in [0.1, 0.15) is 11.9 Å². The quantitative estimate of drug-likeness (QED) is 0.162. The fourth-order valence-corrected chi connectivity index (χ4v) is 6.81. The summed E-state index contributed by atoms with van der Waals surface area (Å²) in [6.45, 7) is 0. The fraction of sp³-hybridized carbons (Fsp3) is 0.333. The molecule has 0 radical (unpaired) electrons. The third kappa shape index (κ3) is 4.50. The normalized spacial score (nSPS) is 22.6. The van der Waals surface area contributed by atoms with Gasteiger partial charge in [-0.25, -0.2) is 4.79 Å². The smallest absolute Gasteiger partial charge is 0.315 e. The van der Waals surface area contributed by atoms with E-state index in [4.69, 9.17) is 4.74 Å². The Kier molecular flexibility index (Phi) is 5.90. The van der Waals surface area contributed by atoms with Gasteiger partial charge in [0, 0.05) is 34.2 Å². The van der Waals surface area contributed by atoms with Crippen LogP contribution >= 0.6 is 11.8 Å². The number of anilines is 2. The Balaban J connectivity index is 0.989. The van der Waals surface area contributed by atoms with Crippen LogP contribution in [0.25, 0.3) is 10.8 Å². The van der Waals surface area contributed by atoms with E-state index in [1.165, 1.54) is 10.8 Å². The molecule has 3 heterocycles. The molecule has 0 aromatic heterocycles. The van der Waals surface area contributed by atoms with Gasteiger partial charge in [-0.05, 0) is 48.1 Å². The largest absolute Gasteiger partial charge is 0.427 e. The number of urea groups is 1. The minimum absolute atomic E-state index is 0.0582. The molecule has 0 unspecified atom stereocenters. The Hall–Kier alpha value is -3.39. The second-order valence-corrected chi connectivity index (χ2v) is 10.6. The highest BCUT2D eigenvalue weighted by molar-refractivity contribution is 8.00. The van der Waals surface area contributed by atoms with Crippen molar-refractivity contribution in [1.29, 1.82) is 0 Å². The van der Waals surface area contributed by atoms with Crippen molar-refractivity contribution in [2.24, 2.45) is 0 Å². The Labute approximate surface area is 208 Å². The van der Waals surface area contributed by atoms with Gasteiger partial charge in [0.05, 0.1) is 12.1 Å². The number of nitrogens with one attached hydrogen (secondary N) is 4. The van der Waals surface area contributed by atoms with E-state index in [0.29, 0.717) is 17.4 Å². The van der Waals surface area contributed by atoms with E-state index >= 15 is 0 Å². The van der Waals surface area contributed by atoms with Gasteiger partial charge >= 0.3 is 12.0 Å². The molecule has 2 fully saturated rings. The number of rotatable bonds is 7. The first-order chi connectivity index (χ1) is 17.1. The van der Waals surface area contributed by atoms with Crippen LogP contribution in [0.5, 0.6) is 5.75 Å². The minimum Gasteiger partial charge on any atom is -0.427 e. The molecule has 0 aliphatic carbocycles. The molecule has 180 valence electrons. The number of ether oxygens (including phenoxy) is 1. The van der Waals surface area contributed by atoms with Crippen LogP contribution < -0.4 is 26.0 Å². The number of hydrogen-bond donors (Lipinski definition) is 4. The zero-order valence-electron chi connectivity index (χ0n) is 19.3. The van der Waals surface area contributed by atoms with E-state index in [1.54, 1.807) is 0 Å². The number of hydrogen-bond acceptors (Lipinski definition) is 6. The average Bonchev–Trinajstić information content (AvgIpc) is 3.42. The van der Waals surface area contributed by atoms with Crippen LogP contribution in [0.3, 0.4) is 0 Å². The Morgan fingerprint density at radius 1 is 0.914 bits per heavy atom. The standard InChI is InChI=1S/C27H28N4O3S/c32-23(10-2-1-9-22-25-21(15-35-22)30-27(33)31-25)34-18-13-11-17(12-14-18)26-28-19-7-3-5-16-6-4-8-20(29-26)24(16)19/h3-8,11-14,21-22,25-26,28-29H,1-2,9-10,15H2,(H2,30,31,33)/t21-,22-,25-/m1/s1. The summed E-state index contributed by atoms with van der Waals surface area (Å²) in [4.78, 5) is 23.8. The van der Waals surface area contributed by atoms with Gasteiger partial charge in [0.25, 0.3) is 0 Å². The number of benzene rings is 3. The lowest BCUT2D eigenvalue weighted by Crippen LogP contribution is -2.36. The van der Waals surface area contributed by atoms with Crippen molar-refractivity contribution in [2.75, 3.05) is 16.4 Å². The summed E-state index contributed by atoms with van der Waals surface area (Å²) in [6, 6.07) is 20.6. The van der Waals surface area contributed by atoms with Gasteiger partial charge in [-0.15, -0.1) is 0 Å². The van der Waals surface area contributed by atoms with E-state index in [9.17, 15) is 9.59 Å². The molecule has 2 amide bonds. The molecule has 3 aliphatic rings.